The van der Waals surface area contributed by atoms with E-state index in [1.54, 1.807) is 20.8 Å². The molecule has 1 rings (SSSR count). The van der Waals surface area contributed by atoms with Crippen LogP contribution in [0.1, 0.15) is 26.3 Å². The summed E-state index contributed by atoms with van der Waals surface area (Å²) in [6.07, 6.45) is -0.628. The molecule has 6 heteroatoms. The second-order valence-electron chi connectivity index (χ2n) is 5.58. The Labute approximate surface area is 130 Å². The summed E-state index contributed by atoms with van der Waals surface area (Å²) in [5, 5.41) is 5.27. The average Bonchev–Trinajstić information content (AvgIpc) is 2.41. The van der Waals surface area contributed by atoms with E-state index in [0.29, 0.717) is 6.54 Å². The first-order chi connectivity index (χ1) is 9.81. The molecule has 0 aliphatic heterocycles. The summed E-state index contributed by atoms with van der Waals surface area (Å²) in [7, 11) is 0. The number of ether oxygens (including phenoxy) is 1. The van der Waals surface area contributed by atoms with Crippen LogP contribution in [0.3, 0.4) is 0 Å². The lowest BCUT2D eigenvalue weighted by Gasteiger charge is -2.22. The zero-order valence-corrected chi connectivity index (χ0v) is 13.4. The van der Waals surface area contributed by atoms with E-state index in [4.69, 9.17) is 4.74 Å². The van der Waals surface area contributed by atoms with Gasteiger partial charge >= 0.3 is 6.09 Å². The molecular formula is C15H22N2O3S. The molecule has 0 fully saturated rings. The van der Waals surface area contributed by atoms with Gasteiger partial charge in [0.1, 0.15) is 11.6 Å². The van der Waals surface area contributed by atoms with Crippen molar-refractivity contribution in [1.82, 2.24) is 10.6 Å². The van der Waals surface area contributed by atoms with Crippen molar-refractivity contribution in [2.75, 3.05) is 5.75 Å². The van der Waals surface area contributed by atoms with Crippen LogP contribution in [-0.2, 0) is 16.1 Å². The summed E-state index contributed by atoms with van der Waals surface area (Å²) in [6, 6.07) is 8.81. The van der Waals surface area contributed by atoms with Gasteiger partial charge in [-0.05, 0) is 26.3 Å². The number of rotatable bonds is 5. The van der Waals surface area contributed by atoms with Crippen LogP contribution in [0, 0.1) is 0 Å². The van der Waals surface area contributed by atoms with Crippen molar-refractivity contribution in [3.8, 4) is 0 Å². The molecule has 0 aliphatic carbocycles. The first-order valence-electron chi connectivity index (χ1n) is 6.74. The van der Waals surface area contributed by atoms with E-state index >= 15 is 0 Å². The highest BCUT2D eigenvalue weighted by Crippen LogP contribution is 2.07. The predicted molar refractivity (Wildman–Crippen MR) is 85.3 cm³/mol. The van der Waals surface area contributed by atoms with Crippen molar-refractivity contribution in [3.05, 3.63) is 35.9 Å². The van der Waals surface area contributed by atoms with Crippen molar-refractivity contribution in [1.29, 1.82) is 0 Å². The molecule has 2 N–H and O–H groups in total. The second-order valence-corrected chi connectivity index (χ2v) is 5.95. The van der Waals surface area contributed by atoms with Gasteiger partial charge in [-0.2, -0.15) is 12.6 Å². The minimum Gasteiger partial charge on any atom is -0.444 e. The van der Waals surface area contributed by atoms with Crippen molar-refractivity contribution in [2.45, 2.75) is 39.0 Å². The Morgan fingerprint density at radius 2 is 1.86 bits per heavy atom. The highest BCUT2D eigenvalue weighted by molar-refractivity contribution is 7.80. The largest absolute Gasteiger partial charge is 0.444 e. The van der Waals surface area contributed by atoms with Crippen molar-refractivity contribution < 1.29 is 14.3 Å². The van der Waals surface area contributed by atoms with Crippen LogP contribution in [-0.4, -0.2) is 29.4 Å². The molecule has 0 aromatic heterocycles. The molecule has 0 saturated carbocycles. The summed E-state index contributed by atoms with van der Waals surface area (Å²) >= 11 is 4.09. The van der Waals surface area contributed by atoms with Gasteiger partial charge in [-0.3, -0.25) is 4.79 Å². The lowest BCUT2D eigenvalue weighted by Crippen LogP contribution is -2.49. The molecule has 0 bridgehead atoms. The average molecular weight is 310 g/mol. The molecule has 0 spiro atoms. The quantitative estimate of drug-likeness (QED) is 0.730. The molecule has 21 heavy (non-hydrogen) atoms. The third kappa shape index (κ3) is 7.04. The molecular weight excluding hydrogens is 288 g/mol. The Kier molecular flexibility index (Phi) is 6.55. The van der Waals surface area contributed by atoms with E-state index in [-0.39, 0.29) is 11.7 Å². The number of carbonyl (C=O) groups excluding carboxylic acids is 2. The fraction of sp³-hybridized carbons (Fsp3) is 0.467. The molecule has 1 aromatic carbocycles. The summed E-state index contributed by atoms with van der Waals surface area (Å²) in [4.78, 5) is 23.7. The highest BCUT2D eigenvalue weighted by atomic mass is 32.1. The van der Waals surface area contributed by atoms with Crippen LogP contribution >= 0.6 is 12.6 Å². The molecule has 0 heterocycles. The van der Waals surface area contributed by atoms with Crippen LogP contribution in [0.4, 0.5) is 4.79 Å². The Hall–Kier alpha value is -1.69. The van der Waals surface area contributed by atoms with E-state index in [1.807, 2.05) is 30.3 Å². The Bertz CT molecular complexity index is 472. The number of carbonyl (C=O) groups is 2. The van der Waals surface area contributed by atoms with E-state index < -0.39 is 17.7 Å². The van der Waals surface area contributed by atoms with Crippen LogP contribution in [0.25, 0.3) is 0 Å². The zero-order chi connectivity index (χ0) is 15.9. The van der Waals surface area contributed by atoms with Gasteiger partial charge in [-0.15, -0.1) is 0 Å². The molecule has 0 radical (unpaired) electrons. The van der Waals surface area contributed by atoms with Gasteiger partial charge in [-0.1, -0.05) is 30.3 Å². The molecule has 0 saturated heterocycles. The van der Waals surface area contributed by atoms with Crippen LogP contribution in [0.5, 0.6) is 0 Å². The third-order valence-corrected chi connectivity index (χ3v) is 2.86. The first-order valence-corrected chi connectivity index (χ1v) is 7.37. The van der Waals surface area contributed by atoms with Gasteiger partial charge in [0.15, 0.2) is 0 Å². The van der Waals surface area contributed by atoms with Gasteiger partial charge in [0.05, 0.1) is 0 Å². The number of hydrogen-bond donors (Lipinski definition) is 3. The first kappa shape index (κ1) is 17.4. The minimum atomic E-state index is -0.730. The van der Waals surface area contributed by atoms with E-state index in [9.17, 15) is 9.59 Å². The van der Waals surface area contributed by atoms with Gasteiger partial charge in [0, 0.05) is 12.3 Å². The molecule has 116 valence electrons. The normalized spacial score (nSPS) is 12.4. The van der Waals surface area contributed by atoms with Crippen LogP contribution in [0.15, 0.2) is 30.3 Å². The van der Waals surface area contributed by atoms with Crippen molar-refractivity contribution in [3.63, 3.8) is 0 Å². The van der Waals surface area contributed by atoms with Gasteiger partial charge < -0.3 is 15.4 Å². The highest BCUT2D eigenvalue weighted by Gasteiger charge is 2.23. The maximum absolute atomic E-state index is 12.0. The number of benzene rings is 1. The van der Waals surface area contributed by atoms with Gasteiger partial charge in [0.2, 0.25) is 5.91 Å². The standard InChI is InChI=1S/C15H22N2O3S/c1-15(2,3)20-14(19)17-12(10-21)13(18)16-9-11-7-5-4-6-8-11/h4-8,12,21H,9-10H2,1-3H3,(H,16,18)(H,17,19)/t12-/m0/s1. The zero-order valence-electron chi connectivity index (χ0n) is 12.6. The molecule has 1 aromatic rings. The fourth-order valence-corrected chi connectivity index (χ4v) is 1.81. The topological polar surface area (TPSA) is 67.4 Å². The smallest absolute Gasteiger partial charge is 0.408 e. The number of amides is 2. The fourth-order valence-electron chi connectivity index (χ4n) is 1.55. The second kappa shape index (κ2) is 7.93. The van der Waals surface area contributed by atoms with E-state index in [2.05, 4.69) is 23.3 Å². The summed E-state index contributed by atoms with van der Waals surface area (Å²) < 4.78 is 5.12. The lowest BCUT2D eigenvalue weighted by molar-refractivity contribution is -0.122. The van der Waals surface area contributed by atoms with Gasteiger partial charge in [0.25, 0.3) is 0 Å². The minimum absolute atomic E-state index is 0.194. The maximum atomic E-state index is 12.0. The van der Waals surface area contributed by atoms with Crippen molar-refractivity contribution >= 4 is 24.6 Å². The molecule has 0 aliphatic rings. The number of nitrogens with one attached hydrogen (secondary N) is 2. The predicted octanol–water partition coefficient (Wildman–Crippen LogP) is 2.13. The number of hydrogen-bond acceptors (Lipinski definition) is 4. The lowest BCUT2D eigenvalue weighted by atomic mass is 10.2. The summed E-state index contributed by atoms with van der Waals surface area (Å²) in [5.74, 6) is -0.0976. The number of thiol groups is 1. The van der Waals surface area contributed by atoms with Gasteiger partial charge in [-0.25, -0.2) is 4.79 Å². The van der Waals surface area contributed by atoms with Crippen molar-refractivity contribution in [2.24, 2.45) is 0 Å². The Balaban J connectivity index is 2.48. The van der Waals surface area contributed by atoms with Crippen LogP contribution in [0.2, 0.25) is 0 Å². The van der Waals surface area contributed by atoms with E-state index in [0.717, 1.165) is 5.56 Å². The SMILES string of the molecule is CC(C)(C)OC(=O)N[C@@H](CS)C(=O)NCc1ccccc1. The number of alkyl carbamates (subject to hydrolysis) is 1. The Morgan fingerprint density at radius 1 is 1.24 bits per heavy atom. The molecule has 2 amide bonds. The molecule has 1 atom stereocenters. The monoisotopic (exact) mass is 310 g/mol. The summed E-state index contributed by atoms with van der Waals surface area (Å²) in [6.45, 7) is 5.69. The molecule has 0 unspecified atom stereocenters. The molecule has 5 nitrogen and oxygen atoms in total. The van der Waals surface area contributed by atoms with E-state index in [1.165, 1.54) is 0 Å². The van der Waals surface area contributed by atoms with Crippen LogP contribution < -0.4 is 10.6 Å². The Morgan fingerprint density at radius 3 is 2.38 bits per heavy atom. The maximum Gasteiger partial charge on any atom is 0.408 e. The third-order valence-electron chi connectivity index (χ3n) is 2.50. The summed E-state index contributed by atoms with van der Waals surface area (Å²) in [5.41, 5.74) is 0.382.